The Labute approximate surface area is 152 Å². The second-order valence-corrected chi connectivity index (χ2v) is 6.10. The van der Waals surface area contributed by atoms with Gasteiger partial charge in [-0.1, -0.05) is 30.3 Å². The van der Waals surface area contributed by atoms with Crippen LogP contribution in [-0.4, -0.2) is 23.1 Å². The Bertz CT molecular complexity index is 884. The molecule has 0 radical (unpaired) electrons. The minimum absolute atomic E-state index is 0.187. The molecule has 26 heavy (non-hydrogen) atoms. The molecule has 1 aromatic heterocycles. The van der Waals surface area contributed by atoms with Crippen LogP contribution >= 0.6 is 0 Å². The van der Waals surface area contributed by atoms with Gasteiger partial charge in [0.05, 0.1) is 12.8 Å². The number of hydrogen-bond acceptors (Lipinski definition) is 5. The third-order valence-corrected chi connectivity index (χ3v) is 3.64. The fourth-order valence-electron chi connectivity index (χ4n) is 2.48. The van der Waals surface area contributed by atoms with Crippen LogP contribution in [0.1, 0.15) is 13.8 Å². The van der Waals surface area contributed by atoms with Crippen LogP contribution in [0.4, 0.5) is 21.8 Å². The molecule has 0 saturated heterocycles. The van der Waals surface area contributed by atoms with Gasteiger partial charge in [0.1, 0.15) is 5.82 Å². The highest BCUT2D eigenvalue weighted by molar-refractivity contribution is 5.67. The summed E-state index contributed by atoms with van der Waals surface area (Å²) in [5.41, 5.74) is 2.34. The SMILES string of the molecule is COc1ccc(Nc2cc(-c3ccccc3)nc(NC(C)C)n2)cc1F. The number of hydrogen-bond donors (Lipinski definition) is 2. The van der Waals surface area contributed by atoms with Crippen LogP contribution in [0.25, 0.3) is 11.3 Å². The predicted octanol–water partition coefficient (Wildman–Crippen LogP) is 4.86. The second kappa shape index (κ2) is 7.82. The zero-order valence-electron chi connectivity index (χ0n) is 15.0. The highest BCUT2D eigenvalue weighted by Gasteiger charge is 2.09. The topological polar surface area (TPSA) is 59.1 Å². The van der Waals surface area contributed by atoms with Gasteiger partial charge in [0.15, 0.2) is 11.6 Å². The summed E-state index contributed by atoms with van der Waals surface area (Å²) < 4.78 is 18.9. The first-order chi connectivity index (χ1) is 12.5. The summed E-state index contributed by atoms with van der Waals surface area (Å²) in [4.78, 5) is 9.05. The number of ether oxygens (including phenoxy) is 1. The van der Waals surface area contributed by atoms with Crippen LogP contribution < -0.4 is 15.4 Å². The average Bonchev–Trinajstić information content (AvgIpc) is 2.62. The van der Waals surface area contributed by atoms with E-state index in [0.29, 0.717) is 17.5 Å². The van der Waals surface area contributed by atoms with Crippen molar-refractivity contribution in [2.24, 2.45) is 0 Å². The van der Waals surface area contributed by atoms with Gasteiger partial charge in [-0.2, -0.15) is 4.98 Å². The zero-order chi connectivity index (χ0) is 18.5. The van der Waals surface area contributed by atoms with Crippen molar-refractivity contribution in [3.05, 3.63) is 60.4 Å². The molecule has 1 heterocycles. The average molecular weight is 352 g/mol. The molecule has 134 valence electrons. The second-order valence-electron chi connectivity index (χ2n) is 6.10. The van der Waals surface area contributed by atoms with Gasteiger partial charge < -0.3 is 15.4 Å². The van der Waals surface area contributed by atoms with E-state index in [4.69, 9.17) is 4.74 Å². The van der Waals surface area contributed by atoms with Crippen LogP contribution in [0.2, 0.25) is 0 Å². The molecule has 6 heteroatoms. The van der Waals surface area contributed by atoms with Crippen LogP contribution in [-0.2, 0) is 0 Å². The molecule has 0 bridgehead atoms. The summed E-state index contributed by atoms with van der Waals surface area (Å²) >= 11 is 0. The molecule has 0 amide bonds. The Morgan fingerprint density at radius 3 is 2.42 bits per heavy atom. The van der Waals surface area contributed by atoms with E-state index in [1.165, 1.54) is 13.2 Å². The lowest BCUT2D eigenvalue weighted by atomic mass is 10.1. The van der Waals surface area contributed by atoms with E-state index in [1.807, 2.05) is 50.2 Å². The molecule has 0 atom stereocenters. The summed E-state index contributed by atoms with van der Waals surface area (Å²) in [5, 5.41) is 6.35. The summed E-state index contributed by atoms with van der Waals surface area (Å²) in [6, 6.07) is 16.5. The van der Waals surface area contributed by atoms with Crippen LogP contribution in [0, 0.1) is 5.82 Å². The molecule has 0 aliphatic rings. The van der Waals surface area contributed by atoms with Crippen molar-refractivity contribution in [3.63, 3.8) is 0 Å². The minimum atomic E-state index is -0.435. The van der Waals surface area contributed by atoms with Gasteiger partial charge in [-0.15, -0.1) is 0 Å². The van der Waals surface area contributed by atoms with Crippen molar-refractivity contribution in [1.29, 1.82) is 0 Å². The van der Waals surface area contributed by atoms with E-state index >= 15 is 0 Å². The Hall–Kier alpha value is -3.15. The number of nitrogens with zero attached hydrogens (tertiary/aromatic N) is 2. The molecule has 0 unspecified atom stereocenters. The molecule has 0 spiro atoms. The summed E-state index contributed by atoms with van der Waals surface area (Å²) in [7, 11) is 1.44. The molecule has 2 aromatic carbocycles. The molecular weight excluding hydrogens is 331 g/mol. The van der Waals surface area contributed by atoms with Gasteiger partial charge in [-0.25, -0.2) is 9.37 Å². The van der Waals surface area contributed by atoms with E-state index in [2.05, 4.69) is 20.6 Å². The standard InChI is InChI=1S/C20H21FN4O/c1-13(2)22-20-24-17(14-7-5-4-6-8-14)12-19(25-20)23-15-9-10-18(26-3)16(21)11-15/h4-13H,1-3H3,(H2,22,23,24,25). The van der Waals surface area contributed by atoms with Crippen molar-refractivity contribution in [1.82, 2.24) is 9.97 Å². The summed E-state index contributed by atoms with van der Waals surface area (Å²) in [6.07, 6.45) is 0. The quantitative estimate of drug-likeness (QED) is 0.664. The largest absolute Gasteiger partial charge is 0.494 e. The molecule has 0 aliphatic heterocycles. The van der Waals surface area contributed by atoms with E-state index in [1.54, 1.807) is 12.1 Å². The molecule has 5 nitrogen and oxygen atoms in total. The van der Waals surface area contributed by atoms with E-state index in [-0.39, 0.29) is 11.8 Å². The maximum Gasteiger partial charge on any atom is 0.225 e. The number of halogens is 1. The smallest absolute Gasteiger partial charge is 0.225 e. The number of aromatic nitrogens is 2. The Morgan fingerprint density at radius 2 is 1.77 bits per heavy atom. The minimum Gasteiger partial charge on any atom is -0.494 e. The van der Waals surface area contributed by atoms with Crippen molar-refractivity contribution in [2.45, 2.75) is 19.9 Å². The predicted molar refractivity (Wildman–Crippen MR) is 102 cm³/mol. The molecule has 3 rings (SSSR count). The lowest BCUT2D eigenvalue weighted by molar-refractivity contribution is 0.386. The first-order valence-electron chi connectivity index (χ1n) is 8.37. The first kappa shape index (κ1) is 17.7. The lowest BCUT2D eigenvalue weighted by Crippen LogP contribution is -2.13. The highest BCUT2D eigenvalue weighted by atomic mass is 19.1. The number of methoxy groups -OCH3 is 1. The van der Waals surface area contributed by atoms with Crippen molar-refractivity contribution < 1.29 is 9.13 Å². The molecule has 2 N–H and O–H groups in total. The van der Waals surface area contributed by atoms with Crippen molar-refractivity contribution in [3.8, 4) is 17.0 Å². The van der Waals surface area contributed by atoms with Gasteiger partial charge in [0, 0.05) is 29.4 Å². The Morgan fingerprint density at radius 1 is 1.00 bits per heavy atom. The summed E-state index contributed by atoms with van der Waals surface area (Å²) in [6.45, 7) is 4.04. The van der Waals surface area contributed by atoms with Crippen LogP contribution in [0.5, 0.6) is 5.75 Å². The van der Waals surface area contributed by atoms with E-state index < -0.39 is 5.82 Å². The maximum absolute atomic E-state index is 13.9. The fourth-order valence-corrected chi connectivity index (χ4v) is 2.48. The number of benzene rings is 2. The van der Waals surface area contributed by atoms with E-state index in [9.17, 15) is 4.39 Å². The highest BCUT2D eigenvalue weighted by Crippen LogP contribution is 2.26. The Kier molecular flexibility index (Phi) is 5.31. The number of anilines is 3. The van der Waals surface area contributed by atoms with Crippen molar-refractivity contribution >= 4 is 17.5 Å². The molecule has 0 saturated carbocycles. The van der Waals surface area contributed by atoms with Gasteiger partial charge in [-0.05, 0) is 26.0 Å². The third-order valence-electron chi connectivity index (χ3n) is 3.64. The van der Waals surface area contributed by atoms with Gasteiger partial charge in [0.25, 0.3) is 0 Å². The zero-order valence-corrected chi connectivity index (χ0v) is 15.0. The number of rotatable bonds is 6. The molecular formula is C20H21FN4O. The monoisotopic (exact) mass is 352 g/mol. The molecule has 3 aromatic rings. The van der Waals surface area contributed by atoms with E-state index in [0.717, 1.165) is 11.3 Å². The van der Waals surface area contributed by atoms with Crippen molar-refractivity contribution in [2.75, 3.05) is 17.7 Å². The first-order valence-corrected chi connectivity index (χ1v) is 8.37. The summed E-state index contributed by atoms with van der Waals surface area (Å²) in [5.74, 6) is 0.852. The molecule has 0 fully saturated rings. The Balaban J connectivity index is 1.96. The normalized spacial score (nSPS) is 10.7. The van der Waals surface area contributed by atoms with Gasteiger partial charge >= 0.3 is 0 Å². The maximum atomic E-state index is 13.9. The van der Waals surface area contributed by atoms with Crippen LogP contribution in [0.15, 0.2) is 54.6 Å². The number of nitrogens with one attached hydrogen (secondary N) is 2. The third kappa shape index (κ3) is 4.27. The fraction of sp³-hybridized carbons (Fsp3) is 0.200. The van der Waals surface area contributed by atoms with Gasteiger partial charge in [-0.3, -0.25) is 0 Å². The lowest BCUT2D eigenvalue weighted by Gasteiger charge is -2.13. The van der Waals surface area contributed by atoms with Crippen LogP contribution in [0.3, 0.4) is 0 Å². The molecule has 0 aliphatic carbocycles. The van der Waals surface area contributed by atoms with Gasteiger partial charge in [0.2, 0.25) is 5.95 Å².